The molecule has 0 bridgehead atoms. The molecule has 1 N–H and O–H groups in total. The Morgan fingerprint density at radius 3 is 1.96 bits per heavy atom. The van der Waals surface area contributed by atoms with Gasteiger partial charge < -0.3 is 5.11 Å². The van der Waals surface area contributed by atoms with Gasteiger partial charge in [-0.1, -0.05) is 88.4 Å². The molecule has 3 aromatic carbocycles. The second kappa shape index (κ2) is 7.43. The molecule has 0 atom stereocenters. The normalized spacial score (nSPS) is 11.7. The van der Waals surface area contributed by atoms with Crippen LogP contribution in [0.25, 0.3) is 0 Å². The van der Waals surface area contributed by atoms with E-state index in [-0.39, 0.29) is 5.75 Å². The number of nitrogens with zero attached hydrogens (tertiary/aromatic N) is 1. The van der Waals surface area contributed by atoms with Gasteiger partial charge in [0.15, 0.2) is 0 Å². The van der Waals surface area contributed by atoms with Gasteiger partial charge >= 0.3 is 0 Å². The predicted octanol–water partition coefficient (Wildman–Crippen LogP) is 4.62. The van der Waals surface area contributed by atoms with Crippen molar-refractivity contribution in [1.82, 2.24) is 0 Å². The number of rotatable bonds is 4. The zero-order valence-corrected chi connectivity index (χ0v) is 16.0. The molecule has 0 saturated carbocycles. The summed E-state index contributed by atoms with van der Waals surface area (Å²) in [4.78, 5) is 0. The van der Waals surface area contributed by atoms with Crippen molar-refractivity contribution in [2.24, 2.45) is 4.76 Å². The number of hydrogen-bond donors (Lipinski definition) is 1. The van der Waals surface area contributed by atoms with Crippen LogP contribution in [0.1, 0.15) is 5.56 Å². The molecule has 0 spiro atoms. The Morgan fingerprint density at radius 1 is 0.875 bits per heavy atom. The fourth-order valence-electron chi connectivity index (χ4n) is 2.31. The molecular weight excluding hydrogens is 401 g/mol. The number of phenolic OH excluding ortho intramolecular Hbond substituents is 1. The summed E-state index contributed by atoms with van der Waals surface area (Å²) in [6.45, 7) is 0. The Balaban J connectivity index is 2.11. The average Bonchev–Trinajstić information content (AvgIpc) is 2.63. The highest BCUT2D eigenvalue weighted by Crippen LogP contribution is 2.45. The third kappa shape index (κ3) is 3.67. The van der Waals surface area contributed by atoms with Gasteiger partial charge in [-0.05, 0) is 18.2 Å². The third-order valence-electron chi connectivity index (χ3n) is 3.56. The summed E-state index contributed by atoms with van der Waals surface area (Å²) in [5.74, 6) is 0.185. The van der Waals surface area contributed by atoms with Crippen LogP contribution in [-0.2, 0) is 11.8 Å². The van der Waals surface area contributed by atoms with Gasteiger partial charge in [0.2, 0.25) is 0 Å². The van der Waals surface area contributed by atoms with Crippen molar-refractivity contribution in [2.75, 3.05) is 0 Å². The summed E-state index contributed by atoms with van der Waals surface area (Å²) in [5.41, 5.74) is 0.644. The first-order valence-electron chi connectivity index (χ1n) is 7.35. The van der Waals surface area contributed by atoms with Crippen LogP contribution in [0.5, 0.6) is 5.75 Å². The summed E-state index contributed by atoms with van der Waals surface area (Å²) < 4.78 is 5.67. The number of phenols is 1. The molecule has 24 heavy (non-hydrogen) atoms. The standard InChI is InChI=1S/C19H15BrNOPS/c20-16-11-12-19(22)15(13-16)14-21-23(24,17-7-3-1-4-8-17)18-9-5-2-6-10-18/h1-14,22H/b21-14+. The maximum absolute atomic E-state index is 10.0. The molecule has 0 aromatic heterocycles. The lowest BCUT2D eigenvalue weighted by Crippen LogP contribution is -2.14. The van der Waals surface area contributed by atoms with Gasteiger partial charge in [-0.25, -0.2) is 0 Å². The Morgan fingerprint density at radius 2 is 1.42 bits per heavy atom. The Bertz CT molecular complexity index is 870. The molecule has 3 rings (SSSR count). The van der Waals surface area contributed by atoms with E-state index in [0.717, 1.165) is 15.1 Å². The van der Waals surface area contributed by atoms with Gasteiger partial charge in [0.25, 0.3) is 0 Å². The van der Waals surface area contributed by atoms with Crippen molar-refractivity contribution in [1.29, 1.82) is 0 Å². The minimum Gasteiger partial charge on any atom is -0.507 e. The minimum absolute atomic E-state index is 0.185. The summed E-state index contributed by atoms with van der Waals surface area (Å²) in [6.07, 6.45) is -0.667. The quantitative estimate of drug-likeness (QED) is 0.498. The highest BCUT2D eigenvalue weighted by atomic mass is 79.9. The van der Waals surface area contributed by atoms with E-state index in [1.54, 1.807) is 18.3 Å². The molecule has 0 heterocycles. The number of benzene rings is 3. The molecule has 0 aliphatic rings. The largest absolute Gasteiger partial charge is 0.507 e. The zero-order chi connectivity index (χ0) is 17.0. The maximum atomic E-state index is 10.0. The number of hydrogen-bond acceptors (Lipinski definition) is 2. The lowest BCUT2D eigenvalue weighted by molar-refractivity contribution is 0.474. The van der Waals surface area contributed by atoms with E-state index < -0.39 is 6.19 Å². The van der Waals surface area contributed by atoms with Crippen LogP contribution in [0.15, 0.2) is 88.1 Å². The molecule has 0 amide bonds. The van der Waals surface area contributed by atoms with Crippen molar-refractivity contribution < 1.29 is 5.11 Å². The first-order chi connectivity index (χ1) is 11.6. The van der Waals surface area contributed by atoms with Crippen molar-refractivity contribution in [3.05, 3.63) is 88.9 Å². The summed E-state index contributed by atoms with van der Waals surface area (Å²) in [5, 5.41) is 12.1. The van der Waals surface area contributed by atoms with E-state index >= 15 is 0 Å². The van der Waals surface area contributed by atoms with E-state index in [1.807, 2.05) is 66.7 Å². The van der Waals surface area contributed by atoms with Gasteiger partial charge in [0, 0.05) is 26.9 Å². The summed E-state index contributed by atoms with van der Waals surface area (Å²) >= 11 is 9.45. The van der Waals surface area contributed by atoms with Crippen molar-refractivity contribution in [3.8, 4) is 5.75 Å². The molecule has 0 radical (unpaired) electrons. The Kier molecular flexibility index (Phi) is 5.30. The zero-order valence-electron chi connectivity index (χ0n) is 12.7. The smallest absolute Gasteiger partial charge is 0.124 e. The molecule has 0 aliphatic heterocycles. The van der Waals surface area contributed by atoms with Crippen LogP contribution in [0, 0.1) is 0 Å². The molecule has 5 heteroatoms. The predicted molar refractivity (Wildman–Crippen MR) is 110 cm³/mol. The van der Waals surface area contributed by atoms with Crippen LogP contribution >= 0.6 is 22.1 Å². The first-order valence-corrected chi connectivity index (χ1v) is 10.9. The van der Waals surface area contributed by atoms with Gasteiger partial charge in [0.1, 0.15) is 11.9 Å². The molecule has 2 nitrogen and oxygen atoms in total. The SMILES string of the molecule is Oc1ccc(Br)cc1/C=N/P(=S)(c1ccccc1)c1ccccc1. The fraction of sp³-hybridized carbons (Fsp3) is 0. The second-order valence-corrected chi connectivity index (χ2v) is 10.1. The van der Waals surface area contributed by atoms with Crippen LogP contribution < -0.4 is 10.6 Å². The number of halogens is 1. The molecule has 0 aliphatic carbocycles. The van der Waals surface area contributed by atoms with Crippen LogP contribution in [0.2, 0.25) is 0 Å². The van der Waals surface area contributed by atoms with E-state index in [4.69, 9.17) is 16.6 Å². The fourth-order valence-corrected chi connectivity index (χ4v) is 5.57. The van der Waals surface area contributed by atoms with Crippen LogP contribution in [0.3, 0.4) is 0 Å². The van der Waals surface area contributed by atoms with E-state index in [2.05, 4.69) is 15.9 Å². The van der Waals surface area contributed by atoms with Gasteiger partial charge in [-0.2, -0.15) is 0 Å². The molecule has 0 fully saturated rings. The Labute approximate surface area is 155 Å². The van der Waals surface area contributed by atoms with E-state index in [1.165, 1.54) is 0 Å². The monoisotopic (exact) mass is 415 g/mol. The molecular formula is C19H15BrNOPS. The second-order valence-electron chi connectivity index (χ2n) is 5.19. The van der Waals surface area contributed by atoms with Crippen molar-refractivity contribution in [3.63, 3.8) is 0 Å². The number of aromatic hydroxyl groups is 1. The Hall–Kier alpha value is -1.74. The van der Waals surface area contributed by atoms with Gasteiger partial charge in [-0.15, -0.1) is 0 Å². The van der Waals surface area contributed by atoms with Crippen molar-refractivity contribution >= 4 is 50.7 Å². The summed E-state index contributed by atoms with van der Waals surface area (Å²) in [7, 11) is 0. The first kappa shape index (κ1) is 17.1. The van der Waals surface area contributed by atoms with Crippen molar-refractivity contribution in [2.45, 2.75) is 0 Å². The lowest BCUT2D eigenvalue weighted by atomic mass is 10.2. The van der Waals surface area contributed by atoms with E-state index in [9.17, 15) is 5.11 Å². The maximum Gasteiger partial charge on any atom is 0.124 e. The highest BCUT2D eigenvalue weighted by Gasteiger charge is 2.20. The topological polar surface area (TPSA) is 32.6 Å². The minimum atomic E-state index is -2.35. The van der Waals surface area contributed by atoms with Gasteiger partial charge in [-0.3, -0.25) is 4.76 Å². The molecule has 120 valence electrons. The van der Waals surface area contributed by atoms with E-state index in [0.29, 0.717) is 5.56 Å². The molecule has 0 unspecified atom stereocenters. The van der Waals surface area contributed by atoms with Crippen LogP contribution in [-0.4, -0.2) is 11.3 Å². The third-order valence-corrected chi connectivity index (χ3v) is 8.04. The highest BCUT2D eigenvalue weighted by molar-refractivity contribution is 9.10. The average molecular weight is 416 g/mol. The van der Waals surface area contributed by atoms with Gasteiger partial charge in [0.05, 0.1) is 0 Å². The molecule has 3 aromatic rings. The lowest BCUT2D eigenvalue weighted by Gasteiger charge is -2.18. The van der Waals surface area contributed by atoms with Crippen LogP contribution in [0.4, 0.5) is 0 Å². The summed E-state index contributed by atoms with van der Waals surface area (Å²) in [6, 6.07) is 25.2. The molecule has 0 saturated heterocycles.